The van der Waals surface area contributed by atoms with Crippen LogP contribution in [-0.4, -0.2) is 30.1 Å². The fraction of sp³-hybridized carbons (Fsp3) is 0.500. The van der Waals surface area contributed by atoms with Crippen molar-refractivity contribution in [2.24, 2.45) is 5.41 Å². The summed E-state index contributed by atoms with van der Waals surface area (Å²) >= 11 is 0. The van der Waals surface area contributed by atoms with Crippen LogP contribution in [0.2, 0.25) is 0 Å². The Morgan fingerprint density at radius 3 is 2.57 bits per heavy atom. The minimum absolute atomic E-state index is 0.0560. The highest BCUT2D eigenvalue weighted by atomic mass is 16.4. The number of carboxylic acid groups (broad SMARTS) is 1. The largest absolute Gasteiger partial charge is 0.478 e. The van der Waals surface area contributed by atoms with Crippen LogP contribution < -0.4 is 10.6 Å². The molecule has 0 radical (unpaired) electrons. The number of aromatic carboxylic acids is 1. The standard InChI is InChI=1S/C16H22N2O3/c1-2-7-16(8-10-17-11-9-16)15(21)18-13-6-4-3-5-12(13)14(19)20/h3-6,17H,2,7-11H2,1H3,(H,18,21)(H,19,20). The van der Waals surface area contributed by atoms with E-state index in [2.05, 4.69) is 17.6 Å². The van der Waals surface area contributed by atoms with Gasteiger partial charge in [-0.3, -0.25) is 4.79 Å². The van der Waals surface area contributed by atoms with E-state index in [1.165, 1.54) is 6.07 Å². The number of hydrogen-bond acceptors (Lipinski definition) is 3. The fourth-order valence-electron chi connectivity index (χ4n) is 3.01. The molecule has 0 aliphatic carbocycles. The molecule has 1 aliphatic heterocycles. The number of carbonyl (C=O) groups excluding carboxylic acids is 1. The van der Waals surface area contributed by atoms with Crippen molar-refractivity contribution in [1.82, 2.24) is 5.32 Å². The summed E-state index contributed by atoms with van der Waals surface area (Å²) in [6.07, 6.45) is 3.35. The van der Waals surface area contributed by atoms with Crippen LogP contribution in [0.3, 0.4) is 0 Å². The number of hydrogen-bond donors (Lipinski definition) is 3. The van der Waals surface area contributed by atoms with E-state index in [4.69, 9.17) is 0 Å². The molecule has 0 atom stereocenters. The number of benzene rings is 1. The molecule has 1 amide bonds. The van der Waals surface area contributed by atoms with Crippen molar-refractivity contribution in [1.29, 1.82) is 0 Å². The molecule has 5 nitrogen and oxygen atoms in total. The lowest BCUT2D eigenvalue weighted by molar-refractivity contribution is -0.127. The van der Waals surface area contributed by atoms with E-state index >= 15 is 0 Å². The summed E-state index contributed by atoms with van der Waals surface area (Å²) in [5, 5.41) is 15.3. The lowest BCUT2D eigenvalue weighted by atomic mass is 9.74. The average molecular weight is 290 g/mol. The van der Waals surface area contributed by atoms with Crippen molar-refractivity contribution in [3.8, 4) is 0 Å². The quantitative estimate of drug-likeness (QED) is 0.778. The SMILES string of the molecule is CCCC1(C(=O)Nc2ccccc2C(=O)O)CCNCC1. The molecule has 3 N–H and O–H groups in total. The highest BCUT2D eigenvalue weighted by Gasteiger charge is 2.38. The van der Waals surface area contributed by atoms with Gasteiger partial charge in [0.1, 0.15) is 0 Å². The lowest BCUT2D eigenvalue weighted by Gasteiger charge is -2.36. The second-order valence-electron chi connectivity index (χ2n) is 5.59. The van der Waals surface area contributed by atoms with Crippen LogP contribution >= 0.6 is 0 Å². The molecular weight excluding hydrogens is 268 g/mol. The van der Waals surface area contributed by atoms with Gasteiger partial charge in [-0.2, -0.15) is 0 Å². The summed E-state index contributed by atoms with van der Waals surface area (Å²) in [5.74, 6) is -1.08. The van der Waals surface area contributed by atoms with Gasteiger partial charge in [-0.1, -0.05) is 25.5 Å². The maximum Gasteiger partial charge on any atom is 0.337 e. The molecule has 1 saturated heterocycles. The predicted molar refractivity (Wildman–Crippen MR) is 81.5 cm³/mol. The minimum atomic E-state index is -1.03. The van der Waals surface area contributed by atoms with Gasteiger partial charge in [0.15, 0.2) is 0 Å². The number of rotatable bonds is 5. The Morgan fingerprint density at radius 2 is 1.95 bits per heavy atom. The summed E-state index contributed by atoms with van der Waals surface area (Å²) in [5.41, 5.74) is 0.126. The summed E-state index contributed by atoms with van der Waals surface area (Å²) in [4.78, 5) is 23.9. The van der Waals surface area contributed by atoms with Crippen molar-refractivity contribution in [2.75, 3.05) is 18.4 Å². The summed E-state index contributed by atoms with van der Waals surface area (Å²) < 4.78 is 0. The zero-order valence-electron chi connectivity index (χ0n) is 12.3. The Kier molecular flexibility index (Phi) is 4.96. The van der Waals surface area contributed by atoms with Crippen LogP contribution in [0.4, 0.5) is 5.69 Å². The van der Waals surface area contributed by atoms with E-state index < -0.39 is 5.97 Å². The zero-order chi connectivity index (χ0) is 15.3. The maximum absolute atomic E-state index is 12.7. The van der Waals surface area contributed by atoms with Crippen molar-refractivity contribution in [2.45, 2.75) is 32.6 Å². The fourth-order valence-corrected chi connectivity index (χ4v) is 3.01. The highest BCUT2D eigenvalue weighted by molar-refractivity contribution is 6.02. The number of nitrogens with one attached hydrogen (secondary N) is 2. The molecule has 114 valence electrons. The van der Waals surface area contributed by atoms with Gasteiger partial charge in [0.05, 0.1) is 16.7 Å². The van der Waals surface area contributed by atoms with Crippen molar-refractivity contribution >= 4 is 17.6 Å². The second-order valence-corrected chi connectivity index (χ2v) is 5.59. The van der Waals surface area contributed by atoms with E-state index in [1.807, 2.05) is 0 Å². The average Bonchev–Trinajstić information content (AvgIpc) is 2.49. The van der Waals surface area contributed by atoms with Crippen molar-refractivity contribution in [3.63, 3.8) is 0 Å². The Balaban J connectivity index is 2.21. The summed E-state index contributed by atoms with van der Waals surface area (Å²) in [6, 6.07) is 6.54. The highest BCUT2D eigenvalue weighted by Crippen LogP contribution is 2.35. The van der Waals surface area contributed by atoms with Gasteiger partial charge in [0, 0.05) is 0 Å². The number of carboxylic acids is 1. The van der Waals surface area contributed by atoms with Gasteiger partial charge in [0.25, 0.3) is 0 Å². The molecule has 1 aromatic carbocycles. The third-order valence-corrected chi connectivity index (χ3v) is 4.18. The molecule has 5 heteroatoms. The van der Waals surface area contributed by atoms with E-state index in [0.29, 0.717) is 5.69 Å². The summed E-state index contributed by atoms with van der Waals surface area (Å²) in [7, 11) is 0. The number of piperidine rings is 1. The zero-order valence-corrected chi connectivity index (χ0v) is 12.3. The third kappa shape index (κ3) is 3.42. The molecule has 0 bridgehead atoms. The Labute approximate surface area is 124 Å². The normalized spacial score (nSPS) is 17.2. The number of carbonyl (C=O) groups is 2. The van der Waals surface area contributed by atoms with Crippen molar-refractivity contribution in [3.05, 3.63) is 29.8 Å². The van der Waals surface area contributed by atoms with Crippen LogP contribution in [-0.2, 0) is 4.79 Å². The molecule has 21 heavy (non-hydrogen) atoms. The molecule has 0 saturated carbocycles. The molecule has 1 aliphatic rings. The van der Waals surface area contributed by atoms with Crippen LogP contribution in [0.1, 0.15) is 43.0 Å². The summed E-state index contributed by atoms with van der Waals surface area (Å²) in [6.45, 7) is 3.73. The molecule has 0 spiro atoms. The molecule has 1 heterocycles. The van der Waals surface area contributed by atoms with Crippen LogP contribution in [0.5, 0.6) is 0 Å². The van der Waals surface area contributed by atoms with Gasteiger partial charge in [-0.25, -0.2) is 4.79 Å². The van der Waals surface area contributed by atoms with Gasteiger partial charge in [-0.05, 0) is 44.5 Å². The molecule has 0 aromatic heterocycles. The van der Waals surface area contributed by atoms with Crippen LogP contribution in [0.25, 0.3) is 0 Å². The van der Waals surface area contributed by atoms with Gasteiger partial charge in [-0.15, -0.1) is 0 Å². The third-order valence-electron chi connectivity index (χ3n) is 4.18. The predicted octanol–water partition coefficient (Wildman–Crippen LogP) is 2.49. The Bertz CT molecular complexity index is 516. The van der Waals surface area contributed by atoms with Crippen LogP contribution in [0, 0.1) is 5.41 Å². The topological polar surface area (TPSA) is 78.4 Å². The Hall–Kier alpha value is -1.88. The van der Waals surface area contributed by atoms with E-state index in [0.717, 1.165) is 38.8 Å². The van der Waals surface area contributed by atoms with Crippen LogP contribution in [0.15, 0.2) is 24.3 Å². The molecule has 1 aromatic rings. The molecule has 0 unspecified atom stereocenters. The number of para-hydroxylation sites is 1. The first-order chi connectivity index (χ1) is 10.1. The van der Waals surface area contributed by atoms with Crippen molar-refractivity contribution < 1.29 is 14.7 Å². The molecule has 1 fully saturated rings. The first kappa shape index (κ1) is 15.5. The number of anilines is 1. The first-order valence-electron chi connectivity index (χ1n) is 7.43. The minimum Gasteiger partial charge on any atom is -0.478 e. The van der Waals surface area contributed by atoms with E-state index in [-0.39, 0.29) is 16.9 Å². The van der Waals surface area contributed by atoms with Gasteiger partial charge >= 0.3 is 5.97 Å². The number of amides is 1. The lowest BCUT2D eigenvalue weighted by Crippen LogP contribution is -2.45. The van der Waals surface area contributed by atoms with Gasteiger partial charge in [0.2, 0.25) is 5.91 Å². The van der Waals surface area contributed by atoms with E-state index in [1.54, 1.807) is 18.2 Å². The first-order valence-corrected chi connectivity index (χ1v) is 7.43. The molecular formula is C16H22N2O3. The second kappa shape index (κ2) is 6.72. The van der Waals surface area contributed by atoms with E-state index in [9.17, 15) is 14.7 Å². The maximum atomic E-state index is 12.7. The van der Waals surface area contributed by atoms with Gasteiger partial charge < -0.3 is 15.7 Å². The Morgan fingerprint density at radius 1 is 1.29 bits per heavy atom. The monoisotopic (exact) mass is 290 g/mol. The smallest absolute Gasteiger partial charge is 0.337 e. The molecule has 2 rings (SSSR count).